The molecule has 0 heterocycles. The Hall–Kier alpha value is -1.24. The summed E-state index contributed by atoms with van der Waals surface area (Å²) in [6, 6.07) is 7.95. The third-order valence-electron chi connectivity index (χ3n) is 4.18. The van der Waals surface area contributed by atoms with Gasteiger partial charge in [0.05, 0.1) is 4.90 Å². The smallest absolute Gasteiger partial charge is 0.325 e. The molecule has 0 aliphatic carbocycles. The molecule has 0 bridgehead atoms. The molecular weight excluding hydrogens is 366 g/mol. The number of sulfonamides is 1. The van der Waals surface area contributed by atoms with Crippen LogP contribution in [0.15, 0.2) is 35.4 Å². The van der Waals surface area contributed by atoms with Crippen LogP contribution in [0, 0.1) is 13.5 Å². The Labute approximate surface area is 160 Å². The van der Waals surface area contributed by atoms with Crippen LogP contribution < -0.4 is 0 Å². The van der Waals surface area contributed by atoms with Gasteiger partial charge in [-0.05, 0) is 38.2 Å². The number of aryl methyl sites for hydroxylation is 1. The van der Waals surface area contributed by atoms with Crippen LogP contribution in [0.1, 0.15) is 25.3 Å². The molecule has 5 nitrogen and oxygen atoms in total. The molecule has 0 aliphatic heterocycles. The van der Waals surface area contributed by atoms with E-state index in [9.17, 15) is 8.42 Å². The first kappa shape index (κ1) is 22.8. The summed E-state index contributed by atoms with van der Waals surface area (Å²) in [5.41, 5.74) is 1.02. The zero-order valence-corrected chi connectivity index (χ0v) is 18.2. The molecule has 0 aromatic heterocycles. The molecule has 0 radical (unpaired) electrons. The molecule has 0 saturated heterocycles. The molecule has 0 N–H and O–H groups in total. The first-order chi connectivity index (χ1) is 12.2. The summed E-state index contributed by atoms with van der Waals surface area (Å²) in [6.07, 6.45) is 3.36. The van der Waals surface area contributed by atoms with Gasteiger partial charge < -0.3 is 9.16 Å². The standard InChI is InChI=1S/C19H32NO4SSi/c1-6-8-17-26(4,5)24-16-14-20(13-15-23-7-2)25(21,22)19-11-9-18(3)10-12-19/h2,7,9-12H,6,8,13-17H2,1,3-5H3/q+1. The van der Waals surface area contributed by atoms with Crippen molar-refractivity contribution in [2.45, 2.75) is 50.7 Å². The monoisotopic (exact) mass is 398 g/mol. The predicted octanol–water partition coefficient (Wildman–Crippen LogP) is 3.97. The van der Waals surface area contributed by atoms with Crippen LogP contribution in [0.5, 0.6) is 0 Å². The number of ether oxygens (including phenoxy) is 1. The van der Waals surface area contributed by atoms with Crippen molar-refractivity contribution < 1.29 is 17.6 Å². The van der Waals surface area contributed by atoms with Gasteiger partial charge in [-0.15, -0.1) is 0 Å². The van der Waals surface area contributed by atoms with Crippen LogP contribution in [-0.2, 0) is 19.2 Å². The van der Waals surface area contributed by atoms with Crippen molar-refractivity contribution in [2.75, 3.05) is 26.3 Å². The van der Waals surface area contributed by atoms with Gasteiger partial charge in [-0.3, -0.25) is 0 Å². The van der Waals surface area contributed by atoms with E-state index in [2.05, 4.69) is 20.0 Å². The zero-order chi connectivity index (χ0) is 19.6. The lowest BCUT2D eigenvalue weighted by molar-refractivity contribution is 0.203. The summed E-state index contributed by atoms with van der Waals surface area (Å²) in [5.74, 6) is 0. The first-order valence-corrected chi connectivity index (χ1v) is 13.6. The molecule has 0 atom stereocenters. The molecule has 0 aliphatic rings. The van der Waals surface area contributed by atoms with Gasteiger partial charge in [0.25, 0.3) is 0 Å². The minimum atomic E-state index is -3.60. The molecule has 1 rings (SSSR count). The number of nitrogens with zero attached hydrogens (tertiary/aromatic N) is 1. The Morgan fingerprint density at radius 2 is 1.77 bits per heavy atom. The van der Waals surface area contributed by atoms with Crippen molar-refractivity contribution >= 4 is 18.3 Å². The Kier molecular flexibility index (Phi) is 9.47. The number of hydrogen-bond donors (Lipinski definition) is 0. The molecule has 26 heavy (non-hydrogen) atoms. The van der Waals surface area contributed by atoms with Gasteiger partial charge in [0.1, 0.15) is 6.61 Å². The van der Waals surface area contributed by atoms with Gasteiger partial charge in [0, 0.05) is 19.7 Å². The topological polar surface area (TPSA) is 55.8 Å². The molecule has 7 heteroatoms. The van der Waals surface area contributed by atoms with Crippen molar-refractivity contribution in [2.24, 2.45) is 0 Å². The van der Waals surface area contributed by atoms with Crippen molar-refractivity contribution in [3.05, 3.63) is 42.7 Å². The highest BCUT2D eigenvalue weighted by atomic mass is 32.2. The lowest BCUT2D eigenvalue weighted by Crippen LogP contribution is -2.39. The first-order valence-electron chi connectivity index (χ1n) is 9.09. The minimum Gasteiger partial charge on any atom is -0.457 e. The fourth-order valence-corrected chi connectivity index (χ4v) is 5.93. The fourth-order valence-electron chi connectivity index (χ4n) is 2.53. The van der Waals surface area contributed by atoms with Crippen molar-refractivity contribution in [3.63, 3.8) is 0 Å². The van der Waals surface area contributed by atoms with Gasteiger partial charge >= 0.3 is 6.26 Å². The molecular formula is C19H32NO4SSi+. The highest BCUT2D eigenvalue weighted by molar-refractivity contribution is 7.89. The number of rotatable bonds is 13. The normalized spacial score (nSPS) is 12.3. The molecule has 0 spiro atoms. The van der Waals surface area contributed by atoms with E-state index >= 15 is 0 Å². The summed E-state index contributed by atoms with van der Waals surface area (Å²) < 4.78 is 38.4. The molecule has 0 unspecified atom stereocenters. The van der Waals surface area contributed by atoms with Crippen LogP contribution in [0.2, 0.25) is 19.1 Å². The predicted molar refractivity (Wildman–Crippen MR) is 108 cm³/mol. The summed E-state index contributed by atoms with van der Waals surface area (Å²) in [5, 5.41) is 0. The summed E-state index contributed by atoms with van der Waals surface area (Å²) in [7, 11) is -5.35. The maximum atomic E-state index is 13.0. The van der Waals surface area contributed by atoms with Gasteiger partial charge in [-0.1, -0.05) is 37.5 Å². The maximum Gasteiger partial charge on any atom is 0.325 e. The van der Waals surface area contributed by atoms with Gasteiger partial charge in [0.15, 0.2) is 8.32 Å². The largest absolute Gasteiger partial charge is 0.457 e. The summed E-state index contributed by atoms with van der Waals surface area (Å²) in [4.78, 5) is 0.280. The van der Waals surface area contributed by atoms with Crippen LogP contribution in [-0.4, -0.2) is 47.3 Å². The summed E-state index contributed by atoms with van der Waals surface area (Å²) >= 11 is 0. The highest BCUT2D eigenvalue weighted by Gasteiger charge is 2.26. The molecule has 0 saturated carbocycles. The fraction of sp³-hybridized carbons (Fsp3) is 0.579. The van der Waals surface area contributed by atoms with E-state index in [1.807, 2.05) is 6.92 Å². The van der Waals surface area contributed by atoms with Crippen molar-refractivity contribution in [1.82, 2.24) is 4.31 Å². The van der Waals surface area contributed by atoms with E-state index in [0.29, 0.717) is 13.2 Å². The molecule has 0 fully saturated rings. The molecule has 0 amide bonds. The highest BCUT2D eigenvalue weighted by Crippen LogP contribution is 2.18. The third-order valence-corrected chi connectivity index (χ3v) is 8.64. The van der Waals surface area contributed by atoms with E-state index in [1.165, 1.54) is 4.31 Å². The van der Waals surface area contributed by atoms with E-state index in [-0.39, 0.29) is 18.0 Å². The maximum absolute atomic E-state index is 13.0. The van der Waals surface area contributed by atoms with Crippen molar-refractivity contribution in [1.29, 1.82) is 0 Å². The number of hydrogen-bond acceptors (Lipinski definition) is 4. The van der Waals surface area contributed by atoms with E-state index in [1.54, 1.807) is 24.3 Å². The van der Waals surface area contributed by atoms with Gasteiger partial charge in [-0.2, -0.15) is 4.31 Å². The lowest BCUT2D eigenvalue weighted by Gasteiger charge is -2.26. The Balaban J connectivity index is 2.80. The van der Waals surface area contributed by atoms with Crippen LogP contribution in [0.25, 0.3) is 0 Å². The van der Waals surface area contributed by atoms with E-state index in [0.717, 1.165) is 30.7 Å². The van der Waals surface area contributed by atoms with E-state index in [4.69, 9.17) is 15.7 Å². The van der Waals surface area contributed by atoms with Crippen LogP contribution in [0.4, 0.5) is 0 Å². The quantitative estimate of drug-likeness (QED) is 0.218. The average Bonchev–Trinajstić information content (AvgIpc) is 2.59. The average molecular weight is 399 g/mol. The SMILES string of the molecule is [CH+]=COCCN(CCO[Si](C)(C)CCCC)S(=O)(=O)c1ccc(C)cc1. The number of unbranched alkanes of at least 4 members (excludes halogenated alkanes) is 1. The Morgan fingerprint density at radius 1 is 1.15 bits per heavy atom. The summed E-state index contributed by atoms with van der Waals surface area (Å²) in [6.45, 7) is 14.8. The van der Waals surface area contributed by atoms with Gasteiger partial charge in [-0.25, -0.2) is 8.42 Å². The Bertz CT molecular complexity index is 644. The molecule has 1 aromatic rings. The van der Waals surface area contributed by atoms with Crippen LogP contribution >= 0.6 is 0 Å². The van der Waals surface area contributed by atoms with Crippen LogP contribution in [0.3, 0.4) is 0 Å². The Morgan fingerprint density at radius 3 is 2.35 bits per heavy atom. The zero-order valence-electron chi connectivity index (χ0n) is 16.4. The number of benzene rings is 1. The second-order valence-electron chi connectivity index (χ2n) is 6.94. The second kappa shape index (κ2) is 10.8. The van der Waals surface area contributed by atoms with E-state index < -0.39 is 18.3 Å². The minimum absolute atomic E-state index is 0.207. The molecule has 146 valence electrons. The third kappa shape index (κ3) is 7.56. The lowest BCUT2D eigenvalue weighted by atomic mass is 10.2. The van der Waals surface area contributed by atoms with Gasteiger partial charge in [0.2, 0.25) is 16.6 Å². The molecule has 1 aromatic carbocycles. The van der Waals surface area contributed by atoms with Crippen molar-refractivity contribution in [3.8, 4) is 0 Å². The second-order valence-corrected chi connectivity index (χ2v) is 13.2.